The van der Waals surface area contributed by atoms with Crippen molar-refractivity contribution in [3.63, 3.8) is 0 Å². The molecule has 0 aliphatic rings. The Morgan fingerprint density at radius 2 is 0.700 bits per heavy atom. The third-order valence-electron chi connectivity index (χ3n) is 10.9. The zero-order valence-corrected chi connectivity index (χ0v) is 29.4. The van der Waals surface area contributed by atoms with Crippen LogP contribution in [0.3, 0.4) is 0 Å². The van der Waals surface area contributed by atoms with Crippen molar-refractivity contribution in [1.29, 1.82) is 0 Å². The zero-order chi connectivity index (χ0) is 34.1. The molecule has 0 spiro atoms. The van der Waals surface area contributed by atoms with E-state index in [1.54, 1.807) is 0 Å². The van der Waals surface area contributed by atoms with Crippen molar-refractivity contribution in [2.75, 3.05) is 0 Å². The highest BCUT2D eigenvalue weighted by molar-refractivity contribution is 6.34. The minimum absolute atomic E-state index is 0.126. The second-order valence-corrected chi connectivity index (χ2v) is 16.2. The lowest BCUT2D eigenvalue weighted by molar-refractivity contribution is 0.590. The molecule has 50 heavy (non-hydrogen) atoms. The molecule has 0 fully saturated rings. The van der Waals surface area contributed by atoms with Gasteiger partial charge in [0.1, 0.15) is 22.3 Å². The molecular formula is C48H38O2. The molecule has 2 nitrogen and oxygen atoms in total. The summed E-state index contributed by atoms with van der Waals surface area (Å²) in [5.74, 6) is 0. The van der Waals surface area contributed by atoms with Gasteiger partial charge in [0.15, 0.2) is 0 Å². The number of hydrogen-bond acceptors (Lipinski definition) is 2. The van der Waals surface area contributed by atoms with Crippen LogP contribution in [-0.4, -0.2) is 0 Å². The average Bonchev–Trinajstić information content (AvgIpc) is 3.67. The van der Waals surface area contributed by atoms with E-state index in [0.717, 1.165) is 65.8 Å². The molecule has 2 aromatic heterocycles. The van der Waals surface area contributed by atoms with Gasteiger partial charge in [-0.2, -0.15) is 0 Å². The SMILES string of the molecule is CC(C)(C)c1ccc(-c2ccc3c(c2)oc2c3cc3ccc4c5oc6cc(-c7ccc(C(C)(C)C)cc7)ccc6c5cc5ccc2c3c54)cc1. The summed E-state index contributed by atoms with van der Waals surface area (Å²) in [6, 6.07) is 44.7. The predicted molar refractivity (Wildman–Crippen MR) is 213 cm³/mol. The van der Waals surface area contributed by atoms with Gasteiger partial charge >= 0.3 is 0 Å². The molecule has 0 bridgehead atoms. The highest BCUT2D eigenvalue weighted by atomic mass is 16.3. The molecule has 0 saturated heterocycles. The van der Waals surface area contributed by atoms with Crippen molar-refractivity contribution in [1.82, 2.24) is 0 Å². The van der Waals surface area contributed by atoms with Crippen LogP contribution in [0.1, 0.15) is 52.7 Å². The number of fused-ring (bicyclic) bond motifs is 8. The van der Waals surface area contributed by atoms with Crippen LogP contribution in [0.15, 0.2) is 130 Å². The summed E-state index contributed by atoms with van der Waals surface area (Å²) >= 11 is 0. The first-order valence-electron chi connectivity index (χ1n) is 17.7. The average molecular weight is 647 g/mol. The van der Waals surface area contributed by atoms with E-state index in [2.05, 4.69) is 163 Å². The Bertz CT molecular complexity index is 2750. The van der Waals surface area contributed by atoms with E-state index in [0.29, 0.717) is 0 Å². The van der Waals surface area contributed by atoms with E-state index in [4.69, 9.17) is 8.83 Å². The maximum Gasteiger partial charge on any atom is 0.143 e. The lowest BCUT2D eigenvalue weighted by Crippen LogP contribution is -2.10. The molecule has 0 radical (unpaired) electrons. The maximum atomic E-state index is 6.74. The molecule has 0 aliphatic heterocycles. The fraction of sp³-hybridized carbons (Fsp3) is 0.167. The van der Waals surface area contributed by atoms with Crippen LogP contribution in [-0.2, 0) is 10.8 Å². The van der Waals surface area contributed by atoms with E-state index < -0.39 is 0 Å². The maximum absolute atomic E-state index is 6.74. The van der Waals surface area contributed by atoms with Gasteiger partial charge in [0.25, 0.3) is 0 Å². The van der Waals surface area contributed by atoms with Gasteiger partial charge < -0.3 is 8.83 Å². The molecule has 2 heterocycles. The Kier molecular flexibility index (Phi) is 5.86. The predicted octanol–water partition coefficient (Wildman–Crippen LogP) is 14.3. The molecule has 0 N–H and O–H groups in total. The van der Waals surface area contributed by atoms with Gasteiger partial charge in [0, 0.05) is 43.1 Å². The van der Waals surface area contributed by atoms with Crippen molar-refractivity contribution in [3.8, 4) is 22.3 Å². The monoisotopic (exact) mass is 646 g/mol. The summed E-state index contributed by atoms with van der Waals surface area (Å²) in [5, 5.41) is 11.7. The summed E-state index contributed by atoms with van der Waals surface area (Å²) in [7, 11) is 0. The summed E-state index contributed by atoms with van der Waals surface area (Å²) < 4.78 is 13.5. The smallest absolute Gasteiger partial charge is 0.143 e. The molecule has 8 aromatic carbocycles. The summed E-state index contributed by atoms with van der Waals surface area (Å²) in [4.78, 5) is 0. The van der Waals surface area contributed by atoms with Gasteiger partial charge in [-0.05, 0) is 104 Å². The first-order valence-corrected chi connectivity index (χ1v) is 17.7. The first kappa shape index (κ1) is 29.3. The van der Waals surface area contributed by atoms with Crippen LogP contribution in [0.4, 0.5) is 0 Å². The van der Waals surface area contributed by atoms with E-state index >= 15 is 0 Å². The molecule has 0 amide bonds. The number of rotatable bonds is 2. The van der Waals surface area contributed by atoms with E-state index in [-0.39, 0.29) is 10.8 Å². The van der Waals surface area contributed by atoms with Crippen molar-refractivity contribution in [2.24, 2.45) is 0 Å². The Morgan fingerprint density at radius 3 is 1.08 bits per heavy atom. The summed E-state index contributed by atoms with van der Waals surface area (Å²) in [6.45, 7) is 13.5. The third kappa shape index (κ3) is 4.27. The van der Waals surface area contributed by atoms with E-state index in [9.17, 15) is 0 Å². The molecule has 10 rings (SSSR count). The molecule has 10 aromatic rings. The standard InChI is InChI=1S/C48H38O2/c1-47(2,3)33-15-7-27(8-16-33)29-11-19-35-39-23-31-14-22-38-44-32(13-21-37(43(31)44)45(39)49-41(35)25-29)24-40-36-20-12-30(26-42(36)50-46(38)40)28-9-17-34(18-10-28)48(4,5)6/h7-26H,1-6H3. The van der Waals surface area contributed by atoms with Gasteiger partial charge in [-0.1, -0.05) is 114 Å². The van der Waals surface area contributed by atoms with Gasteiger partial charge in [-0.15, -0.1) is 0 Å². The van der Waals surface area contributed by atoms with Crippen LogP contribution in [0, 0.1) is 0 Å². The largest absolute Gasteiger partial charge is 0.455 e. The van der Waals surface area contributed by atoms with Crippen molar-refractivity contribution in [2.45, 2.75) is 52.4 Å². The van der Waals surface area contributed by atoms with Gasteiger partial charge in [-0.3, -0.25) is 0 Å². The Labute approximate surface area is 291 Å². The van der Waals surface area contributed by atoms with E-state index in [1.807, 2.05) is 0 Å². The topological polar surface area (TPSA) is 26.3 Å². The minimum Gasteiger partial charge on any atom is -0.455 e. The zero-order valence-electron chi connectivity index (χ0n) is 29.4. The van der Waals surface area contributed by atoms with Crippen molar-refractivity contribution in [3.05, 3.63) is 132 Å². The number of benzene rings is 8. The molecule has 242 valence electrons. The first-order chi connectivity index (χ1) is 24.0. The molecule has 0 aliphatic carbocycles. The Morgan fingerprint density at radius 1 is 0.340 bits per heavy atom. The summed E-state index contributed by atoms with van der Waals surface area (Å²) in [5.41, 5.74) is 11.3. The molecule has 0 unspecified atom stereocenters. The minimum atomic E-state index is 0.126. The Hall–Kier alpha value is -5.60. The molecule has 0 saturated carbocycles. The van der Waals surface area contributed by atoms with Gasteiger partial charge in [0.2, 0.25) is 0 Å². The number of furan rings is 2. The molecule has 2 heteroatoms. The third-order valence-corrected chi connectivity index (χ3v) is 10.9. The molecular weight excluding hydrogens is 609 g/mol. The summed E-state index contributed by atoms with van der Waals surface area (Å²) in [6.07, 6.45) is 0. The van der Waals surface area contributed by atoms with Crippen molar-refractivity contribution < 1.29 is 8.83 Å². The van der Waals surface area contributed by atoms with E-state index in [1.165, 1.54) is 43.8 Å². The molecule has 0 atom stereocenters. The van der Waals surface area contributed by atoms with Crippen LogP contribution in [0.25, 0.3) is 98.4 Å². The fourth-order valence-electron chi connectivity index (χ4n) is 8.08. The lowest BCUT2D eigenvalue weighted by Gasteiger charge is -2.19. The fourth-order valence-corrected chi connectivity index (χ4v) is 8.08. The second-order valence-electron chi connectivity index (χ2n) is 16.2. The van der Waals surface area contributed by atoms with Crippen LogP contribution in [0.5, 0.6) is 0 Å². The van der Waals surface area contributed by atoms with Crippen molar-refractivity contribution >= 4 is 76.2 Å². The van der Waals surface area contributed by atoms with Gasteiger partial charge in [0.05, 0.1) is 0 Å². The normalized spacial score (nSPS) is 13.0. The second kappa shape index (κ2) is 9.98. The highest BCUT2D eigenvalue weighted by Gasteiger charge is 2.21. The van der Waals surface area contributed by atoms with Crippen LogP contribution < -0.4 is 0 Å². The van der Waals surface area contributed by atoms with Crippen LogP contribution in [0.2, 0.25) is 0 Å². The van der Waals surface area contributed by atoms with Crippen LogP contribution >= 0.6 is 0 Å². The number of hydrogen-bond donors (Lipinski definition) is 0. The lowest BCUT2D eigenvalue weighted by atomic mass is 9.86. The highest BCUT2D eigenvalue weighted by Crippen LogP contribution is 2.46. The quantitative estimate of drug-likeness (QED) is 0.175. The van der Waals surface area contributed by atoms with Gasteiger partial charge in [-0.25, -0.2) is 0 Å². The Balaban J connectivity index is 1.13.